The standard InChI is InChI=1S/C8H6N4O4S/c13-8(14)7-5(17(15)16)1-2-6(11-7)12-4-9-3-10-12/h1-4,17H,(H,13,14). The summed E-state index contributed by atoms with van der Waals surface area (Å²) in [4.78, 5) is 17.9. The molecule has 0 saturated heterocycles. The van der Waals surface area contributed by atoms with Crippen molar-refractivity contribution >= 4 is 16.7 Å². The van der Waals surface area contributed by atoms with Crippen LogP contribution >= 0.6 is 0 Å². The van der Waals surface area contributed by atoms with Gasteiger partial charge in [-0.1, -0.05) is 0 Å². The Morgan fingerprint density at radius 3 is 2.65 bits per heavy atom. The van der Waals surface area contributed by atoms with Gasteiger partial charge in [-0.15, -0.1) is 0 Å². The molecule has 0 unspecified atom stereocenters. The summed E-state index contributed by atoms with van der Waals surface area (Å²) >= 11 is 0. The van der Waals surface area contributed by atoms with Crippen LogP contribution in [0, 0.1) is 0 Å². The summed E-state index contributed by atoms with van der Waals surface area (Å²) in [5.41, 5.74) is -0.533. The number of pyridine rings is 1. The van der Waals surface area contributed by atoms with E-state index >= 15 is 0 Å². The number of carboxylic acid groups (broad SMARTS) is 1. The van der Waals surface area contributed by atoms with Gasteiger partial charge < -0.3 is 5.11 Å². The number of nitrogens with zero attached hydrogens (tertiary/aromatic N) is 4. The van der Waals surface area contributed by atoms with Gasteiger partial charge in [0.05, 0.1) is 4.90 Å². The molecule has 17 heavy (non-hydrogen) atoms. The molecule has 0 amide bonds. The van der Waals surface area contributed by atoms with Crippen LogP contribution in [-0.2, 0) is 10.7 Å². The molecule has 0 aromatic carbocycles. The number of carboxylic acids is 1. The van der Waals surface area contributed by atoms with Crippen molar-refractivity contribution in [2.24, 2.45) is 0 Å². The Kier molecular flexibility index (Phi) is 2.83. The largest absolute Gasteiger partial charge is 0.476 e. The van der Waals surface area contributed by atoms with Gasteiger partial charge in [-0.2, -0.15) is 5.10 Å². The Morgan fingerprint density at radius 1 is 1.35 bits per heavy atom. The van der Waals surface area contributed by atoms with Gasteiger partial charge in [0.15, 0.2) is 22.2 Å². The number of hydrogen-bond acceptors (Lipinski definition) is 6. The molecule has 0 aliphatic rings. The third-order valence-corrected chi connectivity index (χ3v) is 2.67. The zero-order valence-electron chi connectivity index (χ0n) is 8.22. The Balaban J connectivity index is 2.61. The zero-order chi connectivity index (χ0) is 12.4. The van der Waals surface area contributed by atoms with Gasteiger partial charge in [0.2, 0.25) is 0 Å². The van der Waals surface area contributed by atoms with E-state index in [2.05, 4.69) is 15.1 Å². The predicted octanol–water partition coefficient (Wildman–Crippen LogP) is -0.669. The van der Waals surface area contributed by atoms with E-state index in [0.29, 0.717) is 0 Å². The van der Waals surface area contributed by atoms with Gasteiger partial charge in [0.1, 0.15) is 12.7 Å². The highest BCUT2D eigenvalue weighted by molar-refractivity contribution is 7.72. The highest BCUT2D eigenvalue weighted by Crippen LogP contribution is 2.11. The van der Waals surface area contributed by atoms with Crippen molar-refractivity contribution in [1.82, 2.24) is 19.7 Å². The maximum Gasteiger partial charge on any atom is 0.355 e. The fourth-order valence-corrected chi connectivity index (χ4v) is 1.72. The highest BCUT2D eigenvalue weighted by Gasteiger charge is 2.15. The summed E-state index contributed by atoms with van der Waals surface area (Å²) in [6.07, 6.45) is 2.58. The van der Waals surface area contributed by atoms with E-state index in [1.54, 1.807) is 0 Å². The first-order chi connectivity index (χ1) is 8.09. The molecule has 2 aromatic heterocycles. The number of hydrogen-bond donors (Lipinski definition) is 2. The van der Waals surface area contributed by atoms with E-state index in [9.17, 15) is 13.2 Å². The molecule has 0 saturated carbocycles. The number of aromatic carboxylic acids is 1. The van der Waals surface area contributed by atoms with Crippen LogP contribution in [0.15, 0.2) is 29.7 Å². The van der Waals surface area contributed by atoms with E-state index in [-0.39, 0.29) is 10.7 Å². The molecule has 9 heteroatoms. The molecule has 0 radical (unpaired) electrons. The summed E-state index contributed by atoms with van der Waals surface area (Å²) in [5, 5.41) is 12.6. The van der Waals surface area contributed by atoms with E-state index in [1.165, 1.54) is 29.5 Å². The molecule has 0 atom stereocenters. The fraction of sp³-hybridized carbons (Fsp3) is 0. The third-order valence-electron chi connectivity index (χ3n) is 1.91. The van der Waals surface area contributed by atoms with Crippen molar-refractivity contribution in [3.63, 3.8) is 0 Å². The highest BCUT2D eigenvalue weighted by atomic mass is 32.2. The minimum Gasteiger partial charge on any atom is -0.476 e. The van der Waals surface area contributed by atoms with Crippen LogP contribution in [0.4, 0.5) is 0 Å². The Bertz CT molecular complexity index is 627. The van der Waals surface area contributed by atoms with Crippen LogP contribution < -0.4 is 0 Å². The second-order valence-corrected chi connectivity index (χ2v) is 3.94. The van der Waals surface area contributed by atoms with Crippen LogP contribution in [0.25, 0.3) is 5.82 Å². The van der Waals surface area contributed by atoms with Gasteiger partial charge >= 0.3 is 5.97 Å². The van der Waals surface area contributed by atoms with Crippen LogP contribution in [0.2, 0.25) is 0 Å². The topological polar surface area (TPSA) is 115 Å². The van der Waals surface area contributed by atoms with Crippen molar-refractivity contribution in [3.8, 4) is 5.82 Å². The quantitative estimate of drug-likeness (QED) is 0.698. The monoisotopic (exact) mass is 254 g/mol. The molecule has 0 fully saturated rings. The lowest BCUT2D eigenvalue weighted by Crippen LogP contribution is -2.08. The first-order valence-corrected chi connectivity index (χ1v) is 5.51. The van der Waals surface area contributed by atoms with E-state index < -0.39 is 22.4 Å². The van der Waals surface area contributed by atoms with E-state index in [1.807, 2.05) is 0 Å². The molecule has 88 valence electrons. The van der Waals surface area contributed by atoms with Crippen molar-refractivity contribution < 1.29 is 18.3 Å². The smallest absolute Gasteiger partial charge is 0.355 e. The molecular weight excluding hydrogens is 248 g/mol. The van der Waals surface area contributed by atoms with Gasteiger partial charge in [0, 0.05) is 0 Å². The first-order valence-electron chi connectivity index (χ1n) is 4.33. The summed E-state index contributed by atoms with van der Waals surface area (Å²) in [5.74, 6) is -1.23. The molecule has 0 bridgehead atoms. The Morgan fingerprint density at radius 2 is 2.12 bits per heavy atom. The molecule has 0 aliphatic heterocycles. The van der Waals surface area contributed by atoms with Crippen LogP contribution in [0.3, 0.4) is 0 Å². The van der Waals surface area contributed by atoms with Crippen LogP contribution in [0.1, 0.15) is 10.5 Å². The molecule has 8 nitrogen and oxygen atoms in total. The third kappa shape index (κ3) is 2.13. The van der Waals surface area contributed by atoms with Crippen LogP contribution in [0.5, 0.6) is 0 Å². The fourth-order valence-electron chi connectivity index (χ4n) is 1.20. The van der Waals surface area contributed by atoms with Crippen LogP contribution in [-0.4, -0.2) is 39.2 Å². The minimum atomic E-state index is -3.01. The summed E-state index contributed by atoms with van der Waals surface area (Å²) in [6, 6.07) is 2.51. The SMILES string of the molecule is O=C(O)c1nc(-n2cncn2)ccc1[SH](=O)=O. The minimum absolute atomic E-state index is 0.181. The summed E-state index contributed by atoms with van der Waals surface area (Å²) in [7, 11) is -3.01. The average molecular weight is 254 g/mol. The zero-order valence-corrected chi connectivity index (χ0v) is 9.11. The maximum atomic E-state index is 10.9. The molecule has 0 aliphatic carbocycles. The second kappa shape index (κ2) is 4.29. The lowest BCUT2D eigenvalue weighted by atomic mass is 10.3. The second-order valence-electron chi connectivity index (χ2n) is 2.94. The van der Waals surface area contributed by atoms with Crippen molar-refractivity contribution in [1.29, 1.82) is 0 Å². The molecule has 2 aromatic rings. The maximum absolute atomic E-state index is 10.9. The lowest BCUT2D eigenvalue weighted by molar-refractivity contribution is 0.0686. The number of rotatable bonds is 3. The predicted molar refractivity (Wildman–Crippen MR) is 54.7 cm³/mol. The average Bonchev–Trinajstić information content (AvgIpc) is 2.81. The first kappa shape index (κ1) is 11.2. The molecule has 0 spiro atoms. The molecule has 2 rings (SSSR count). The van der Waals surface area contributed by atoms with E-state index in [4.69, 9.17) is 5.11 Å². The van der Waals surface area contributed by atoms with Gasteiger partial charge in [-0.3, -0.25) is 0 Å². The lowest BCUT2D eigenvalue weighted by Gasteiger charge is -2.02. The van der Waals surface area contributed by atoms with Gasteiger partial charge in [0.25, 0.3) is 0 Å². The summed E-state index contributed by atoms with van der Waals surface area (Å²) in [6.45, 7) is 0. The Hall–Kier alpha value is -2.29. The number of carbonyl (C=O) groups is 1. The molecule has 2 heterocycles. The number of aromatic nitrogens is 4. The normalized spacial score (nSPS) is 10.6. The van der Waals surface area contributed by atoms with Crippen molar-refractivity contribution in [3.05, 3.63) is 30.5 Å². The van der Waals surface area contributed by atoms with Crippen molar-refractivity contribution in [2.45, 2.75) is 4.90 Å². The summed E-state index contributed by atoms with van der Waals surface area (Å²) < 4.78 is 22.9. The van der Waals surface area contributed by atoms with Crippen molar-refractivity contribution in [2.75, 3.05) is 0 Å². The number of thiol groups is 1. The molecule has 1 N–H and O–H groups in total. The van der Waals surface area contributed by atoms with Gasteiger partial charge in [-0.05, 0) is 12.1 Å². The van der Waals surface area contributed by atoms with E-state index in [0.717, 1.165) is 0 Å². The molecular formula is C8H6N4O4S. The van der Waals surface area contributed by atoms with Gasteiger partial charge in [-0.25, -0.2) is 27.9 Å². The Labute approximate surface area is 96.5 Å².